The summed E-state index contributed by atoms with van der Waals surface area (Å²) in [6, 6.07) is 7.97. The van der Waals surface area contributed by atoms with E-state index in [0.29, 0.717) is 32.5 Å². The molecule has 0 aliphatic heterocycles. The van der Waals surface area contributed by atoms with E-state index in [9.17, 15) is 4.79 Å². The summed E-state index contributed by atoms with van der Waals surface area (Å²) >= 11 is 1.63. The van der Waals surface area contributed by atoms with Crippen LogP contribution in [0.15, 0.2) is 24.3 Å². The van der Waals surface area contributed by atoms with E-state index in [1.54, 1.807) is 23.3 Å². The van der Waals surface area contributed by atoms with Crippen LogP contribution in [0.5, 0.6) is 0 Å². The van der Waals surface area contributed by atoms with E-state index >= 15 is 0 Å². The molecule has 6 heteroatoms. The number of fused-ring (bicyclic) bond motifs is 1. The number of carbonyl (C=O) groups excluding carboxylic acids is 1. The fourth-order valence-electron chi connectivity index (χ4n) is 2.08. The first-order chi connectivity index (χ1) is 10.2. The predicted octanol–water partition coefficient (Wildman–Crippen LogP) is 1.70. The number of carbonyl (C=O) groups is 1. The smallest absolute Gasteiger partial charge is 0.223 e. The van der Waals surface area contributed by atoms with Crippen molar-refractivity contribution >= 4 is 27.5 Å². The van der Waals surface area contributed by atoms with Crippen molar-refractivity contribution in [1.82, 2.24) is 9.88 Å². The normalized spacial score (nSPS) is 11.0. The summed E-state index contributed by atoms with van der Waals surface area (Å²) in [5.74, 6) is 0.0281. The molecular formula is C15H20N2O3S. The first-order valence-electron chi connectivity index (χ1n) is 6.96. The van der Waals surface area contributed by atoms with Gasteiger partial charge in [0.1, 0.15) is 0 Å². The second kappa shape index (κ2) is 8.07. The van der Waals surface area contributed by atoms with Crippen LogP contribution in [0, 0.1) is 0 Å². The molecule has 1 heterocycles. The zero-order valence-corrected chi connectivity index (χ0v) is 12.9. The number of rotatable bonds is 8. The van der Waals surface area contributed by atoms with E-state index < -0.39 is 0 Å². The highest BCUT2D eigenvalue weighted by Crippen LogP contribution is 2.22. The number of aliphatic hydroxyl groups excluding tert-OH is 1. The summed E-state index contributed by atoms with van der Waals surface area (Å²) in [7, 11) is 1.60. The van der Waals surface area contributed by atoms with E-state index in [2.05, 4.69) is 4.98 Å². The molecule has 0 aliphatic carbocycles. The van der Waals surface area contributed by atoms with Gasteiger partial charge in [-0.15, -0.1) is 11.3 Å². The number of benzene rings is 1. The molecule has 0 fully saturated rings. The van der Waals surface area contributed by atoms with Crippen molar-refractivity contribution in [2.24, 2.45) is 0 Å². The Morgan fingerprint density at radius 3 is 2.90 bits per heavy atom. The first-order valence-corrected chi connectivity index (χ1v) is 7.78. The lowest BCUT2D eigenvalue weighted by Gasteiger charge is -2.21. The Balaban J connectivity index is 1.92. The molecule has 1 aromatic carbocycles. The number of hydrogen-bond donors (Lipinski definition) is 1. The highest BCUT2D eigenvalue weighted by Gasteiger charge is 2.14. The molecule has 0 bridgehead atoms. The molecule has 0 atom stereocenters. The topological polar surface area (TPSA) is 62.7 Å². The maximum absolute atomic E-state index is 12.2. The highest BCUT2D eigenvalue weighted by atomic mass is 32.1. The summed E-state index contributed by atoms with van der Waals surface area (Å²) in [5.41, 5.74) is 0.983. The molecule has 2 rings (SSSR count). The van der Waals surface area contributed by atoms with Crippen molar-refractivity contribution in [3.63, 3.8) is 0 Å². The third kappa shape index (κ3) is 4.49. The number of para-hydroxylation sites is 1. The monoisotopic (exact) mass is 308 g/mol. The molecule has 0 spiro atoms. The fraction of sp³-hybridized carbons (Fsp3) is 0.467. The van der Waals surface area contributed by atoms with Crippen molar-refractivity contribution in [2.75, 3.05) is 33.4 Å². The number of aryl methyl sites for hydroxylation is 1. The largest absolute Gasteiger partial charge is 0.395 e. The molecule has 0 saturated heterocycles. The van der Waals surface area contributed by atoms with Crippen LogP contribution < -0.4 is 0 Å². The zero-order chi connectivity index (χ0) is 15.1. The van der Waals surface area contributed by atoms with Gasteiger partial charge in [-0.25, -0.2) is 4.98 Å². The lowest BCUT2D eigenvalue weighted by atomic mass is 10.2. The van der Waals surface area contributed by atoms with Gasteiger partial charge in [-0.3, -0.25) is 4.79 Å². The van der Waals surface area contributed by atoms with Crippen molar-refractivity contribution < 1.29 is 14.6 Å². The van der Waals surface area contributed by atoms with Crippen molar-refractivity contribution in [3.8, 4) is 0 Å². The van der Waals surface area contributed by atoms with Gasteiger partial charge < -0.3 is 14.7 Å². The average Bonchev–Trinajstić information content (AvgIpc) is 2.92. The molecule has 114 valence electrons. The minimum Gasteiger partial charge on any atom is -0.395 e. The molecule has 1 N–H and O–H groups in total. The van der Waals surface area contributed by atoms with Gasteiger partial charge in [0.2, 0.25) is 5.91 Å². The van der Waals surface area contributed by atoms with E-state index in [1.807, 2.05) is 24.3 Å². The van der Waals surface area contributed by atoms with Crippen molar-refractivity contribution in [3.05, 3.63) is 29.3 Å². The molecule has 1 aromatic heterocycles. The lowest BCUT2D eigenvalue weighted by Crippen LogP contribution is -2.36. The van der Waals surface area contributed by atoms with Crippen LogP contribution in [0.2, 0.25) is 0 Å². The molecule has 5 nitrogen and oxygen atoms in total. The molecule has 0 unspecified atom stereocenters. The number of thiazole rings is 1. The van der Waals surface area contributed by atoms with E-state index in [0.717, 1.165) is 15.2 Å². The molecule has 2 aromatic rings. The van der Waals surface area contributed by atoms with E-state index in [-0.39, 0.29) is 12.5 Å². The predicted molar refractivity (Wildman–Crippen MR) is 83.5 cm³/mol. The van der Waals surface area contributed by atoms with Crippen LogP contribution in [0.25, 0.3) is 10.2 Å². The Morgan fingerprint density at radius 2 is 2.19 bits per heavy atom. The first kappa shape index (κ1) is 15.9. The number of hydrogen-bond acceptors (Lipinski definition) is 5. The van der Waals surface area contributed by atoms with Gasteiger partial charge in [0, 0.05) is 33.0 Å². The van der Waals surface area contributed by atoms with Crippen LogP contribution in [-0.2, 0) is 16.0 Å². The Hall–Kier alpha value is -1.50. The Morgan fingerprint density at radius 1 is 1.38 bits per heavy atom. The molecule has 0 saturated carbocycles. The highest BCUT2D eigenvalue weighted by molar-refractivity contribution is 7.18. The minimum atomic E-state index is -0.0312. The van der Waals surface area contributed by atoms with Gasteiger partial charge in [-0.2, -0.15) is 0 Å². The van der Waals surface area contributed by atoms with E-state index in [1.165, 1.54) is 0 Å². The van der Waals surface area contributed by atoms with Crippen LogP contribution in [0.1, 0.15) is 11.4 Å². The maximum Gasteiger partial charge on any atom is 0.223 e. The third-order valence-electron chi connectivity index (χ3n) is 3.18. The Labute approximate surface area is 128 Å². The van der Waals surface area contributed by atoms with Crippen LogP contribution >= 0.6 is 11.3 Å². The van der Waals surface area contributed by atoms with Gasteiger partial charge in [0.15, 0.2) is 0 Å². The van der Waals surface area contributed by atoms with E-state index in [4.69, 9.17) is 9.84 Å². The van der Waals surface area contributed by atoms with Gasteiger partial charge in [-0.1, -0.05) is 12.1 Å². The molecule has 0 radical (unpaired) electrons. The number of nitrogens with zero attached hydrogens (tertiary/aromatic N) is 2. The molecule has 0 aliphatic rings. The zero-order valence-electron chi connectivity index (χ0n) is 12.1. The minimum absolute atomic E-state index is 0.0281. The quantitative estimate of drug-likeness (QED) is 0.806. The Kier molecular flexibility index (Phi) is 6.10. The molecular weight excluding hydrogens is 288 g/mol. The fourth-order valence-corrected chi connectivity index (χ4v) is 3.05. The number of amides is 1. The van der Waals surface area contributed by atoms with Crippen molar-refractivity contribution in [1.29, 1.82) is 0 Å². The SMILES string of the molecule is COCCN(CCO)C(=O)CCc1nc2ccccc2s1. The maximum atomic E-state index is 12.2. The van der Waals surface area contributed by atoms with Gasteiger partial charge in [0.25, 0.3) is 0 Å². The van der Waals surface area contributed by atoms with Gasteiger partial charge >= 0.3 is 0 Å². The summed E-state index contributed by atoms with van der Waals surface area (Å²) in [6.07, 6.45) is 1.04. The van der Waals surface area contributed by atoms with Gasteiger partial charge in [-0.05, 0) is 12.1 Å². The number of aromatic nitrogens is 1. The van der Waals surface area contributed by atoms with Crippen LogP contribution in [0.3, 0.4) is 0 Å². The third-order valence-corrected chi connectivity index (χ3v) is 4.28. The summed E-state index contributed by atoms with van der Waals surface area (Å²) in [5, 5.41) is 9.99. The molecule has 21 heavy (non-hydrogen) atoms. The second-order valence-corrected chi connectivity index (χ2v) is 5.79. The number of aliphatic hydroxyl groups is 1. The van der Waals surface area contributed by atoms with Crippen LogP contribution in [-0.4, -0.2) is 54.3 Å². The second-order valence-electron chi connectivity index (χ2n) is 4.67. The average molecular weight is 308 g/mol. The summed E-state index contributed by atoms with van der Waals surface area (Å²) < 4.78 is 6.13. The van der Waals surface area contributed by atoms with Crippen LogP contribution in [0.4, 0.5) is 0 Å². The summed E-state index contributed by atoms with van der Waals surface area (Å²) in [4.78, 5) is 18.3. The van der Waals surface area contributed by atoms with Crippen molar-refractivity contribution in [2.45, 2.75) is 12.8 Å². The standard InChI is InChI=1S/C15H20N2O3S/c1-20-11-9-17(8-10-18)15(19)7-6-14-16-12-4-2-3-5-13(12)21-14/h2-5,18H,6-11H2,1H3. The number of methoxy groups -OCH3 is 1. The Bertz CT molecular complexity index is 552. The molecule has 1 amide bonds. The number of ether oxygens (including phenoxy) is 1. The lowest BCUT2D eigenvalue weighted by molar-refractivity contribution is -0.132. The summed E-state index contributed by atoms with van der Waals surface area (Å²) in [6.45, 7) is 1.31. The van der Waals surface area contributed by atoms with Gasteiger partial charge in [0.05, 0.1) is 28.4 Å².